The molecule has 2 aliphatic rings. The smallest absolute Gasteiger partial charge is 0.266 e. The van der Waals surface area contributed by atoms with Gasteiger partial charge < -0.3 is 14.2 Å². The van der Waals surface area contributed by atoms with E-state index in [0.29, 0.717) is 43.9 Å². The second-order valence-corrected chi connectivity index (χ2v) is 9.86. The molecule has 0 unspecified atom stereocenters. The lowest BCUT2D eigenvalue weighted by Gasteiger charge is -2.18. The summed E-state index contributed by atoms with van der Waals surface area (Å²) in [5.41, 5.74) is 1.71. The fourth-order valence-electron chi connectivity index (χ4n) is 3.48. The van der Waals surface area contributed by atoms with Crippen molar-refractivity contribution in [2.24, 2.45) is 0 Å². The number of carbonyl (C=O) groups excluding carboxylic acids is 1. The number of carbonyl (C=O) groups is 1. The minimum absolute atomic E-state index is 0.0592. The Labute approximate surface area is 206 Å². The van der Waals surface area contributed by atoms with E-state index in [4.69, 9.17) is 49.6 Å². The van der Waals surface area contributed by atoms with Crippen molar-refractivity contribution in [2.75, 3.05) is 20.3 Å². The van der Waals surface area contributed by atoms with Gasteiger partial charge in [0, 0.05) is 6.61 Å². The van der Waals surface area contributed by atoms with Crippen molar-refractivity contribution in [3.8, 4) is 11.5 Å². The third-order valence-corrected chi connectivity index (χ3v) is 7.26. The Bertz CT molecular complexity index is 1070. The van der Waals surface area contributed by atoms with Gasteiger partial charge in [-0.15, -0.1) is 0 Å². The number of ether oxygens (including phenoxy) is 3. The van der Waals surface area contributed by atoms with E-state index < -0.39 is 0 Å². The quantitative estimate of drug-likeness (QED) is 0.338. The van der Waals surface area contributed by atoms with Crippen LogP contribution in [0.15, 0.2) is 41.3 Å². The molecule has 2 aromatic carbocycles. The fraction of sp³-hybridized carbons (Fsp3) is 0.304. The second kappa shape index (κ2) is 10.4. The summed E-state index contributed by atoms with van der Waals surface area (Å²) >= 11 is 18.8. The molecule has 0 saturated carbocycles. The van der Waals surface area contributed by atoms with Crippen molar-refractivity contribution >= 4 is 63.5 Å². The Kier molecular flexibility index (Phi) is 7.63. The molecule has 2 aliphatic heterocycles. The van der Waals surface area contributed by atoms with Crippen molar-refractivity contribution in [3.63, 3.8) is 0 Å². The summed E-state index contributed by atoms with van der Waals surface area (Å²) in [6, 6.07) is 10.9. The molecule has 4 rings (SSSR count). The van der Waals surface area contributed by atoms with Gasteiger partial charge in [-0.05, 0) is 54.3 Å². The van der Waals surface area contributed by atoms with Gasteiger partial charge in [-0.25, -0.2) is 0 Å². The van der Waals surface area contributed by atoms with E-state index in [-0.39, 0.29) is 12.0 Å². The minimum Gasteiger partial charge on any atom is -0.493 e. The summed E-state index contributed by atoms with van der Waals surface area (Å²) < 4.78 is 17.6. The zero-order valence-corrected chi connectivity index (χ0v) is 20.5. The maximum absolute atomic E-state index is 12.9. The molecule has 5 nitrogen and oxygen atoms in total. The minimum atomic E-state index is -0.0885. The molecular formula is C23H21Cl2NO4S2. The average molecular weight is 510 g/mol. The van der Waals surface area contributed by atoms with Gasteiger partial charge >= 0.3 is 0 Å². The molecule has 0 spiro atoms. The summed E-state index contributed by atoms with van der Waals surface area (Å²) in [5.74, 6) is 1.06. The topological polar surface area (TPSA) is 48.0 Å². The lowest BCUT2D eigenvalue weighted by Crippen LogP contribution is -2.35. The SMILES string of the molecule is COc1cc(/C=C2\SC(=S)N(C[C@H]3CCCO3)C2=O)ccc1OCc1ccc(Cl)c(Cl)c1. The Hall–Kier alpha value is -1.77. The van der Waals surface area contributed by atoms with Gasteiger partial charge in [-0.3, -0.25) is 9.69 Å². The lowest BCUT2D eigenvalue weighted by atomic mass is 10.1. The van der Waals surface area contributed by atoms with Gasteiger partial charge in [-0.2, -0.15) is 0 Å². The number of amides is 1. The van der Waals surface area contributed by atoms with Crippen molar-refractivity contribution in [3.05, 3.63) is 62.5 Å². The number of thioether (sulfide) groups is 1. The summed E-state index contributed by atoms with van der Waals surface area (Å²) in [7, 11) is 1.58. The molecule has 168 valence electrons. The lowest BCUT2D eigenvalue weighted by molar-refractivity contribution is -0.123. The Morgan fingerprint density at radius 1 is 1.22 bits per heavy atom. The first-order valence-electron chi connectivity index (χ1n) is 10.1. The third-order valence-electron chi connectivity index (χ3n) is 5.15. The molecule has 9 heteroatoms. The van der Waals surface area contributed by atoms with Crippen molar-refractivity contribution in [2.45, 2.75) is 25.6 Å². The van der Waals surface area contributed by atoms with Gasteiger partial charge in [0.05, 0.1) is 34.7 Å². The van der Waals surface area contributed by atoms with Crippen LogP contribution in [0.1, 0.15) is 24.0 Å². The van der Waals surface area contributed by atoms with Crippen molar-refractivity contribution in [1.29, 1.82) is 0 Å². The first-order chi connectivity index (χ1) is 15.4. The molecule has 2 aromatic rings. The molecule has 0 bridgehead atoms. The number of benzene rings is 2. The van der Waals surface area contributed by atoms with E-state index in [0.717, 1.165) is 30.6 Å². The number of halogens is 2. The van der Waals surface area contributed by atoms with E-state index in [9.17, 15) is 4.79 Å². The molecule has 2 fully saturated rings. The largest absolute Gasteiger partial charge is 0.493 e. The van der Waals surface area contributed by atoms with Crippen LogP contribution in [-0.4, -0.2) is 41.5 Å². The molecular weight excluding hydrogens is 489 g/mol. The number of rotatable bonds is 7. The van der Waals surface area contributed by atoms with Gasteiger partial charge in [-0.1, -0.05) is 59.3 Å². The molecule has 0 aromatic heterocycles. The summed E-state index contributed by atoms with van der Waals surface area (Å²) in [6.45, 7) is 1.57. The maximum atomic E-state index is 12.9. The molecule has 2 saturated heterocycles. The highest BCUT2D eigenvalue weighted by molar-refractivity contribution is 8.26. The van der Waals surface area contributed by atoms with Gasteiger partial charge in [0.15, 0.2) is 11.5 Å². The van der Waals surface area contributed by atoms with Gasteiger partial charge in [0.2, 0.25) is 0 Å². The first kappa shape index (κ1) is 23.4. The van der Waals surface area contributed by atoms with Crippen LogP contribution in [0.2, 0.25) is 10.0 Å². The highest BCUT2D eigenvalue weighted by Crippen LogP contribution is 2.35. The van der Waals surface area contributed by atoms with Crippen LogP contribution in [0.5, 0.6) is 11.5 Å². The number of methoxy groups -OCH3 is 1. The van der Waals surface area contributed by atoms with Crippen molar-refractivity contribution < 1.29 is 19.0 Å². The summed E-state index contributed by atoms with van der Waals surface area (Å²) in [5, 5.41) is 0.977. The second-order valence-electron chi connectivity index (χ2n) is 7.37. The number of hydrogen-bond donors (Lipinski definition) is 0. The van der Waals surface area contributed by atoms with Crippen LogP contribution in [0.3, 0.4) is 0 Å². The highest BCUT2D eigenvalue weighted by Gasteiger charge is 2.34. The van der Waals surface area contributed by atoms with Crippen LogP contribution < -0.4 is 9.47 Å². The molecule has 0 aliphatic carbocycles. The molecule has 0 radical (unpaired) electrons. The van der Waals surface area contributed by atoms with Crippen LogP contribution in [-0.2, 0) is 16.1 Å². The average Bonchev–Trinajstić information content (AvgIpc) is 3.39. The Balaban J connectivity index is 1.46. The van der Waals surface area contributed by atoms with Crippen molar-refractivity contribution in [1.82, 2.24) is 4.90 Å². The monoisotopic (exact) mass is 509 g/mol. The fourth-order valence-corrected chi connectivity index (χ4v) is 5.08. The maximum Gasteiger partial charge on any atom is 0.266 e. The number of nitrogens with zero attached hydrogens (tertiary/aromatic N) is 1. The van der Waals surface area contributed by atoms with Crippen LogP contribution in [0, 0.1) is 0 Å². The predicted molar refractivity (Wildman–Crippen MR) is 133 cm³/mol. The normalized spacial score (nSPS) is 19.8. The van der Waals surface area contributed by atoms with Crippen LogP contribution in [0.25, 0.3) is 6.08 Å². The third kappa shape index (κ3) is 5.41. The zero-order chi connectivity index (χ0) is 22.7. The van der Waals surface area contributed by atoms with Crippen LogP contribution in [0.4, 0.5) is 0 Å². The van der Waals surface area contributed by atoms with E-state index in [2.05, 4.69) is 0 Å². The first-order valence-corrected chi connectivity index (χ1v) is 12.0. The molecule has 2 heterocycles. The van der Waals surface area contributed by atoms with Gasteiger partial charge in [0.1, 0.15) is 10.9 Å². The zero-order valence-electron chi connectivity index (χ0n) is 17.3. The highest BCUT2D eigenvalue weighted by atomic mass is 35.5. The molecule has 1 amide bonds. The summed E-state index contributed by atoms with van der Waals surface area (Å²) in [4.78, 5) is 15.1. The number of hydrogen-bond acceptors (Lipinski definition) is 6. The molecule has 32 heavy (non-hydrogen) atoms. The number of thiocarbonyl (C=S) groups is 1. The van der Waals surface area contributed by atoms with Crippen LogP contribution >= 0.6 is 47.2 Å². The van der Waals surface area contributed by atoms with E-state index in [1.807, 2.05) is 30.3 Å². The van der Waals surface area contributed by atoms with E-state index in [1.165, 1.54) is 11.8 Å². The Morgan fingerprint density at radius 2 is 2.06 bits per heavy atom. The molecule has 0 N–H and O–H groups in total. The summed E-state index contributed by atoms with van der Waals surface area (Å²) in [6.07, 6.45) is 3.86. The van der Waals surface area contributed by atoms with Gasteiger partial charge in [0.25, 0.3) is 5.91 Å². The predicted octanol–water partition coefficient (Wildman–Crippen LogP) is 5.96. The van der Waals surface area contributed by atoms with E-state index in [1.54, 1.807) is 24.1 Å². The van der Waals surface area contributed by atoms with E-state index >= 15 is 0 Å². The molecule has 1 atom stereocenters. The standard InChI is InChI=1S/C23H21Cl2NO4S2/c1-28-20-10-14(5-7-19(20)30-13-15-4-6-17(24)18(25)9-15)11-21-22(27)26(23(31)32-21)12-16-3-2-8-29-16/h4-7,9-11,16H,2-3,8,12-13H2,1H3/b21-11-/t16-/m1/s1. The Morgan fingerprint density at radius 3 is 2.78 bits per heavy atom.